The van der Waals surface area contributed by atoms with Crippen molar-refractivity contribution in [1.29, 1.82) is 0 Å². The van der Waals surface area contributed by atoms with E-state index in [2.05, 4.69) is 15.5 Å². The molecule has 0 atom stereocenters. The zero-order valence-corrected chi connectivity index (χ0v) is 13.6. The number of aromatic nitrogens is 4. The van der Waals surface area contributed by atoms with Crippen molar-refractivity contribution in [1.82, 2.24) is 20.2 Å². The summed E-state index contributed by atoms with van der Waals surface area (Å²) in [5.41, 5.74) is 0.532. The number of halogens is 1. The maximum Gasteiger partial charge on any atom is 0.209 e. The van der Waals surface area contributed by atoms with Crippen LogP contribution in [0.4, 0.5) is 4.39 Å². The number of carbonyl (C=O) groups is 1. The number of thioether (sulfide) groups is 1. The van der Waals surface area contributed by atoms with E-state index in [1.54, 1.807) is 10.9 Å². The Bertz CT molecular complexity index is 787. The second-order valence-corrected chi connectivity index (χ2v) is 6.14. The maximum absolute atomic E-state index is 12.8. The highest BCUT2D eigenvalue weighted by atomic mass is 32.2. The van der Waals surface area contributed by atoms with Crippen molar-refractivity contribution in [2.45, 2.75) is 24.5 Å². The monoisotopic (exact) mass is 346 g/mol. The van der Waals surface area contributed by atoms with E-state index in [1.807, 2.05) is 12.1 Å². The van der Waals surface area contributed by atoms with Crippen molar-refractivity contribution < 1.29 is 13.6 Å². The van der Waals surface area contributed by atoms with Crippen LogP contribution in [0.2, 0.25) is 0 Å². The Labute approximate surface area is 142 Å². The number of benzene rings is 1. The van der Waals surface area contributed by atoms with Gasteiger partial charge >= 0.3 is 0 Å². The highest BCUT2D eigenvalue weighted by Crippen LogP contribution is 2.18. The summed E-state index contributed by atoms with van der Waals surface area (Å²) in [6, 6.07) is 9.28. The minimum Gasteiger partial charge on any atom is -0.467 e. The topological polar surface area (TPSA) is 73.8 Å². The molecule has 0 aliphatic carbocycles. The Kier molecular flexibility index (Phi) is 5.37. The molecule has 0 bridgehead atoms. The van der Waals surface area contributed by atoms with Gasteiger partial charge in [-0.3, -0.25) is 4.79 Å². The SMILES string of the molecule is O=C(CCCSc1nnnn1Cc1ccco1)c1ccc(F)cc1. The number of hydrogen-bond acceptors (Lipinski definition) is 6. The predicted octanol–water partition coefficient (Wildman–Crippen LogP) is 3.21. The number of furan rings is 1. The van der Waals surface area contributed by atoms with Gasteiger partial charge < -0.3 is 4.42 Å². The quantitative estimate of drug-likeness (QED) is 0.354. The van der Waals surface area contributed by atoms with Crippen molar-refractivity contribution in [3.63, 3.8) is 0 Å². The molecular weight excluding hydrogens is 331 g/mol. The number of ketones is 1. The second kappa shape index (κ2) is 7.87. The van der Waals surface area contributed by atoms with Crippen molar-refractivity contribution in [3.05, 3.63) is 59.8 Å². The third-order valence-electron chi connectivity index (χ3n) is 3.33. The number of hydrogen-bond donors (Lipinski definition) is 0. The first-order chi connectivity index (χ1) is 11.7. The van der Waals surface area contributed by atoms with E-state index < -0.39 is 0 Å². The highest BCUT2D eigenvalue weighted by Gasteiger charge is 2.10. The van der Waals surface area contributed by atoms with Gasteiger partial charge in [0.1, 0.15) is 18.1 Å². The molecule has 0 spiro atoms. The second-order valence-electron chi connectivity index (χ2n) is 5.08. The van der Waals surface area contributed by atoms with E-state index in [0.29, 0.717) is 35.9 Å². The highest BCUT2D eigenvalue weighted by molar-refractivity contribution is 7.99. The van der Waals surface area contributed by atoms with Crippen LogP contribution in [0.1, 0.15) is 29.0 Å². The van der Waals surface area contributed by atoms with Crippen LogP contribution in [0.15, 0.2) is 52.2 Å². The molecule has 0 N–H and O–H groups in total. The van der Waals surface area contributed by atoms with Crippen LogP contribution in [0.5, 0.6) is 0 Å². The Hall–Kier alpha value is -2.48. The summed E-state index contributed by atoms with van der Waals surface area (Å²) in [7, 11) is 0. The molecule has 0 aliphatic rings. The van der Waals surface area contributed by atoms with Gasteiger partial charge in [-0.05, 0) is 53.2 Å². The third kappa shape index (κ3) is 4.29. The molecule has 6 nitrogen and oxygen atoms in total. The lowest BCUT2D eigenvalue weighted by Gasteiger charge is -2.03. The van der Waals surface area contributed by atoms with Gasteiger partial charge in [-0.2, -0.15) is 0 Å². The molecule has 0 fully saturated rings. The summed E-state index contributed by atoms with van der Waals surface area (Å²) in [6.07, 6.45) is 2.69. The number of Topliss-reactive ketones (excluding diaryl/α,β-unsaturated/α-hetero) is 1. The van der Waals surface area contributed by atoms with Crippen molar-refractivity contribution in [3.8, 4) is 0 Å². The van der Waals surface area contributed by atoms with Gasteiger partial charge in [-0.15, -0.1) is 5.10 Å². The molecule has 24 heavy (non-hydrogen) atoms. The van der Waals surface area contributed by atoms with Crippen LogP contribution in [-0.2, 0) is 6.54 Å². The van der Waals surface area contributed by atoms with Crippen molar-refractivity contribution in [2.24, 2.45) is 0 Å². The first kappa shape index (κ1) is 16.4. The van der Waals surface area contributed by atoms with Gasteiger partial charge in [-0.25, -0.2) is 9.07 Å². The lowest BCUT2D eigenvalue weighted by atomic mass is 10.1. The fraction of sp³-hybridized carbons (Fsp3) is 0.250. The van der Waals surface area contributed by atoms with E-state index >= 15 is 0 Å². The molecule has 8 heteroatoms. The van der Waals surface area contributed by atoms with Crippen LogP contribution in [0.3, 0.4) is 0 Å². The van der Waals surface area contributed by atoms with Crippen LogP contribution in [0.25, 0.3) is 0 Å². The summed E-state index contributed by atoms with van der Waals surface area (Å²) >= 11 is 1.49. The summed E-state index contributed by atoms with van der Waals surface area (Å²) < 4.78 is 19.8. The van der Waals surface area contributed by atoms with Crippen LogP contribution in [0, 0.1) is 5.82 Å². The minimum atomic E-state index is -0.342. The van der Waals surface area contributed by atoms with Crippen molar-refractivity contribution in [2.75, 3.05) is 5.75 Å². The van der Waals surface area contributed by atoms with Gasteiger partial charge in [0.25, 0.3) is 0 Å². The Morgan fingerprint density at radius 1 is 1.25 bits per heavy atom. The molecule has 0 unspecified atom stereocenters. The van der Waals surface area contributed by atoms with E-state index in [1.165, 1.54) is 36.0 Å². The number of carbonyl (C=O) groups excluding carboxylic acids is 1. The molecule has 124 valence electrons. The smallest absolute Gasteiger partial charge is 0.209 e. The van der Waals surface area contributed by atoms with E-state index in [9.17, 15) is 9.18 Å². The largest absolute Gasteiger partial charge is 0.467 e. The van der Waals surface area contributed by atoms with Crippen LogP contribution < -0.4 is 0 Å². The molecule has 3 aromatic rings. The molecule has 2 heterocycles. The van der Waals surface area contributed by atoms with Gasteiger partial charge in [-0.1, -0.05) is 11.8 Å². The van der Waals surface area contributed by atoms with Gasteiger partial charge in [0, 0.05) is 17.7 Å². The molecule has 1 aromatic carbocycles. The summed E-state index contributed by atoms with van der Waals surface area (Å²) in [5, 5.41) is 12.3. The van der Waals surface area contributed by atoms with E-state index in [-0.39, 0.29) is 11.6 Å². The number of nitrogens with zero attached hydrogens (tertiary/aromatic N) is 4. The van der Waals surface area contributed by atoms with E-state index in [4.69, 9.17) is 4.42 Å². The Morgan fingerprint density at radius 2 is 2.08 bits per heavy atom. The standard InChI is InChI=1S/C16H15FN4O2S/c17-13-7-5-12(6-8-13)15(22)4-2-10-24-16-18-19-20-21(16)11-14-3-1-9-23-14/h1,3,5-9H,2,4,10-11H2. The molecule has 0 saturated carbocycles. The molecule has 0 radical (unpaired) electrons. The molecular formula is C16H15FN4O2S. The zero-order chi connectivity index (χ0) is 16.8. The maximum atomic E-state index is 12.8. The van der Waals surface area contributed by atoms with E-state index in [0.717, 1.165) is 5.76 Å². The molecule has 3 rings (SSSR count). The molecule has 0 amide bonds. The summed E-state index contributed by atoms with van der Waals surface area (Å²) in [6.45, 7) is 0.469. The first-order valence-electron chi connectivity index (χ1n) is 7.42. The van der Waals surface area contributed by atoms with Gasteiger partial charge in [0.15, 0.2) is 5.78 Å². The fourth-order valence-corrected chi connectivity index (χ4v) is 2.94. The lowest BCUT2D eigenvalue weighted by Crippen LogP contribution is -2.04. The lowest BCUT2D eigenvalue weighted by molar-refractivity contribution is 0.0982. The van der Waals surface area contributed by atoms with Crippen molar-refractivity contribution >= 4 is 17.5 Å². The summed E-state index contributed by atoms with van der Waals surface area (Å²) in [5.74, 6) is 1.15. The minimum absolute atomic E-state index is 0.00535. The molecule has 0 saturated heterocycles. The number of tetrazole rings is 1. The third-order valence-corrected chi connectivity index (χ3v) is 4.37. The first-order valence-corrected chi connectivity index (χ1v) is 8.41. The predicted molar refractivity (Wildman–Crippen MR) is 86.3 cm³/mol. The molecule has 2 aromatic heterocycles. The summed E-state index contributed by atoms with van der Waals surface area (Å²) in [4.78, 5) is 12.0. The van der Waals surface area contributed by atoms with Gasteiger partial charge in [0.05, 0.1) is 6.26 Å². The van der Waals surface area contributed by atoms with Gasteiger partial charge in [0.2, 0.25) is 5.16 Å². The van der Waals surface area contributed by atoms with Crippen LogP contribution >= 0.6 is 11.8 Å². The Balaban J connectivity index is 1.46. The average Bonchev–Trinajstić information content (AvgIpc) is 3.25. The number of rotatable bonds is 8. The zero-order valence-electron chi connectivity index (χ0n) is 12.8. The normalized spacial score (nSPS) is 10.9. The Morgan fingerprint density at radius 3 is 2.83 bits per heavy atom. The molecule has 0 aliphatic heterocycles. The van der Waals surface area contributed by atoms with Crippen LogP contribution in [-0.4, -0.2) is 31.7 Å². The fourth-order valence-electron chi connectivity index (χ4n) is 2.13. The average molecular weight is 346 g/mol.